The summed E-state index contributed by atoms with van der Waals surface area (Å²) in [6.45, 7) is 3.18. The average molecular weight is 264 g/mol. The minimum atomic E-state index is 0.224. The van der Waals surface area contributed by atoms with Gasteiger partial charge in [0.1, 0.15) is 0 Å². The van der Waals surface area contributed by atoms with Crippen molar-refractivity contribution in [2.75, 3.05) is 20.6 Å². The van der Waals surface area contributed by atoms with E-state index in [-0.39, 0.29) is 5.54 Å². The van der Waals surface area contributed by atoms with Gasteiger partial charge in [0, 0.05) is 18.8 Å². The highest BCUT2D eigenvalue weighted by Crippen LogP contribution is 2.41. The van der Waals surface area contributed by atoms with Crippen molar-refractivity contribution in [3.63, 3.8) is 0 Å². The maximum Gasteiger partial charge on any atom is 0.0678 e. The van der Waals surface area contributed by atoms with Crippen LogP contribution in [-0.4, -0.2) is 40.9 Å². The summed E-state index contributed by atoms with van der Waals surface area (Å²) >= 11 is 0. The quantitative estimate of drug-likeness (QED) is 0.886. The normalized spacial score (nSPS) is 20.7. The standard InChI is InChI=1S/C15H28N4/c1-5-16-14(13-9-12-17-19(13)4)15(18(2)3)10-7-6-8-11-15/h9,12,14,16H,5-8,10-11H2,1-4H3. The van der Waals surface area contributed by atoms with E-state index in [0.717, 1.165) is 6.54 Å². The van der Waals surface area contributed by atoms with Crippen LogP contribution in [0.2, 0.25) is 0 Å². The maximum absolute atomic E-state index is 4.36. The molecule has 1 aliphatic rings. The second kappa shape index (κ2) is 6.06. The molecule has 0 amide bonds. The Labute approximate surface area is 117 Å². The van der Waals surface area contributed by atoms with Gasteiger partial charge in [0.05, 0.1) is 11.7 Å². The zero-order valence-corrected chi connectivity index (χ0v) is 12.8. The monoisotopic (exact) mass is 264 g/mol. The van der Waals surface area contributed by atoms with E-state index >= 15 is 0 Å². The van der Waals surface area contributed by atoms with Gasteiger partial charge in [-0.25, -0.2) is 0 Å². The van der Waals surface area contributed by atoms with Gasteiger partial charge in [-0.3, -0.25) is 4.68 Å². The van der Waals surface area contributed by atoms with Crippen molar-refractivity contribution >= 4 is 0 Å². The van der Waals surface area contributed by atoms with E-state index in [1.807, 2.05) is 17.9 Å². The molecule has 1 aromatic rings. The Morgan fingerprint density at radius 2 is 2.05 bits per heavy atom. The van der Waals surface area contributed by atoms with Crippen molar-refractivity contribution in [1.82, 2.24) is 20.0 Å². The molecule has 1 N–H and O–H groups in total. The molecule has 0 aromatic carbocycles. The molecule has 4 heteroatoms. The van der Waals surface area contributed by atoms with Crippen LogP contribution in [0.3, 0.4) is 0 Å². The molecule has 0 aliphatic heterocycles. The lowest BCUT2D eigenvalue weighted by Gasteiger charge is -2.48. The summed E-state index contributed by atoms with van der Waals surface area (Å²) in [4.78, 5) is 2.44. The molecule has 4 nitrogen and oxygen atoms in total. The lowest BCUT2D eigenvalue weighted by molar-refractivity contribution is 0.0540. The van der Waals surface area contributed by atoms with E-state index in [9.17, 15) is 0 Å². The smallest absolute Gasteiger partial charge is 0.0678 e. The zero-order valence-electron chi connectivity index (χ0n) is 12.8. The molecule has 0 bridgehead atoms. The molecule has 2 rings (SSSR count). The Kier molecular flexibility index (Phi) is 4.63. The number of hydrogen-bond acceptors (Lipinski definition) is 3. The molecule has 19 heavy (non-hydrogen) atoms. The van der Waals surface area contributed by atoms with Gasteiger partial charge in [-0.05, 0) is 39.5 Å². The Hall–Kier alpha value is -0.870. The minimum absolute atomic E-state index is 0.224. The van der Waals surface area contributed by atoms with Crippen LogP contribution in [0, 0.1) is 0 Å². The van der Waals surface area contributed by atoms with E-state index in [2.05, 4.69) is 42.4 Å². The summed E-state index contributed by atoms with van der Waals surface area (Å²) in [5, 5.41) is 8.08. The Morgan fingerprint density at radius 3 is 2.53 bits per heavy atom. The summed E-state index contributed by atoms with van der Waals surface area (Å²) in [5.74, 6) is 0. The van der Waals surface area contributed by atoms with Gasteiger partial charge in [0.25, 0.3) is 0 Å². The lowest BCUT2D eigenvalue weighted by atomic mass is 9.74. The molecule has 1 unspecified atom stereocenters. The van der Waals surface area contributed by atoms with Crippen LogP contribution in [0.25, 0.3) is 0 Å². The van der Waals surface area contributed by atoms with Crippen molar-refractivity contribution in [2.24, 2.45) is 7.05 Å². The van der Waals surface area contributed by atoms with Gasteiger partial charge < -0.3 is 10.2 Å². The van der Waals surface area contributed by atoms with E-state index in [1.54, 1.807) is 0 Å². The fourth-order valence-electron chi connectivity index (χ4n) is 3.60. The van der Waals surface area contributed by atoms with E-state index in [1.165, 1.54) is 37.8 Å². The third kappa shape index (κ3) is 2.70. The number of nitrogens with zero attached hydrogens (tertiary/aromatic N) is 3. The van der Waals surface area contributed by atoms with E-state index in [0.29, 0.717) is 6.04 Å². The topological polar surface area (TPSA) is 33.1 Å². The first-order chi connectivity index (χ1) is 9.12. The average Bonchev–Trinajstić information content (AvgIpc) is 2.82. The molecule has 0 radical (unpaired) electrons. The largest absolute Gasteiger partial charge is 0.307 e. The first-order valence-electron chi connectivity index (χ1n) is 7.50. The second-order valence-corrected chi connectivity index (χ2v) is 5.93. The van der Waals surface area contributed by atoms with Crippen molar-refractivity contribution < 1.29 is 0 Å². The molecular weight excluding hydrogens is 236 g/mol. The summed E-state index contributed by atoms with van der Waals surface area (Å²) in [6, 6.07) is 2.52. The highest BCUT2D eigenvalue weighted by molar-refractivity contribution is 5.16. The summed E-state index contributed by atoms with van der Waals surface area (Å²) in [6.07, 6.45) is 8.48. The SMILES string of the molecule is CCNC(c1ccnn1C)C1(N(C)C)CCCCC1. The Bertz CT molecular complexity index is 391. The second-order valence-electron chi connectivity index (χ2n) is 5.93. The number of hydrogen-bond donors (Lipinski definition) is 1. The fraction of sp³-hybridized carbons (Fsp3) is 0.800. The predicted molar refractivity (Wildman–Crippen MR) is 79.1 cm³/mol. The van der Waals surface area contributed by atoms with Crippen molar-refractivity contribution in [1.29, 1.82) is 0 Å². The predicted octanol–water partition coefficient (Wildman–Crippen LogP) is 2.34. The molecule has 1 heterocycles. The maximum atomic E-state index is 4.36. The molecule has 1 aliphatic carbocycles. The summed E-state index contributed by atoms with van der Waals surface area (Å²) in [7, 11) is 6.50. The first-order valence-corrected chi connectivity index (χ1v) is 7.50. The number of likely N-dealkylation sites (N-methyl/N-ethyl adjacent to an activating group) is 2. The third-order valence-electron chi connectivity index (χ3n) is 4.71. The van der Waals surface area contributed by atoms with E-state index in [4.69, 9.17) is 0 Å². The van der Waals surface area contributed by atoms with E-state index < -0.39 is 0 Å². The minimum Gasteiger partial charge on any atom is -0.307 e. The van der Waals surface area contributed by atoms with Crippen molar-refractivity contribution in [2.45, 2.75) is 50.6 Å². The van der Waals surface area contributed by atoms with Gasteiger partial charge in [-0.2, -0.15) is 5.10 Å². The summed E-state index contributed by atoms with van der Waals surface area (Å²) in [5.41, 5.74) is 1.53. The van der Waals surface area contributed by atoms with Gasteiger partial charge >= 0.3 is 0 Å². The van der Waals surface area contributed by atoms with Crippen LogP contribution in [0.4, 0.5) is 0 Å². The number of nitrogens with one attached hydrogen (secondary N) is 1. The first kappa shape index (κ1) is 14.5. The number of aryl methyl sites for hydroxylation is 1. The van der Waals surface area contributed by atoms with Gasteiger partial charge in [0.2, 0.25) is 0 Å². The molecular formula is C15H28N4. The molecule has 1 atom stereocenters. The molecule has 1 fully saturated rings. The van der Waals surface area contributed by atoms with Crippen LogP contribution in [-0.2, 0) is 7.05 Å². The highest BCUT2D eigenvalue weighted by Gasteiger charge is 2.43. The molecule has 1 saturated carbocycles. The fourth-order valence-corrected chi connectivity index (χ4v) is 3.60. The van der Waals surface area contributed by atoms with Crippen LogP contribution in [0.5, 0.6) is 0 Å². The van der Waals surface area contributed by atoms with Gasteiger partial charge in [0.15, 0.2) is 0 Å². The highest BCUT2D eigenvalue weighted by atomic mass is 15.3. The van der Waals surface area contributed by atoms with Crippen molar-refractivity contribution in [3.05, 3.63) is 18.0 Å². The van der Waals surface area contributed by atoms with Gasteiger partial charge in [-0.15, -0.1) is 0 Å². The van der Waals surface area contributed by atoms with Crippen LogP contribution >= 0.6 is 0 Å². The Balaban J connectivity index is 2.37. The Morgan fingerprint density at radius 1 is 1.37 bits per heavy atom. The molecule has 0 spiro atoms. The number of rotatable bonds is 5. The van der Waals surface area contributed by atoms with Crippen molar-refractivity contribution in [3.8, 4) is 0 Å². The number of aromatic nitrogens is 2. The van der Waals surface area contributed by atoms with Crippen LogP contribution < -0.4 is 5.32 Å². The summed E-state index contributed by atoms with van der Waals surface area (Å²) < 4.78 is 2.02. The third-order valence-corrected chi connectivity index (χ3v) is 4.71. The lowest BCUT2D eigenvalue weighted by Crippen LogP contribution is -2.55. The molecule has 1 aromatic heterocycles. The molecule has 108 valence electrons. The van der Waals surface area contributed by atoms with Gasteiger partial charge in [-0.1, -0.05) is 26.2 Å². The van der Waals surface area contributed by atoms with Crippen LogP contribution in [0.1, 0.15) is 50.8 Å². The zero-order chi connectivity index (χ0) is 13.9. The van der Waals surface area contributed by atoms with Crippen LogP contribution in [0.15, 0.2) is 12.3 Å². The molecule has 0 saturated heterocycles.